The van der Waals surface area contributed by atoms with Gasteiger partial charge in [0.2, 0.25) is 0 Å². The minimum absolute atomic E-state index is 0.204. The van der Waals surface area contributed by atoms with Crippen LogP contribution < -0.4 is 10.1 Å². The Bertz CT molecular complexity index is 569. The van der Waals surface area contributed by atoms with Crippen LogP contribution in [0.15, 0.2) is 54.6 Å². The van der Waals surface area contributed by atoms with Crippen molar-refractivity contribution >= 4 is 6.09 Å². The van der Waals surface area contributed by atoms with Crippen molar-refractivity contribution in [1.29, 1.82) is 0 Å². The van der Waals surface area contributed by atoms with Crippen LogP contribution in [0.4, 0.5) is 4.79 Å². The first-order valence-electron chi connectivity index (χ1n) is 7.10. The molecule has 0 saturated carbocycles. The zero-order chi connectivity index (χ0) is 15.6. The lowest BCUT2D eigenvalue weighted by Gasteiger charge is -2.08. The molecule has 116 valence electrons. The molecule has 0 aliphatic rings. The minimum atomic E-state index is -0.437. The van der Waals surface area contributed by atoms with E-state index >= 15 is 0 Å². The summed E-state index contributed by atoms with van der Waals surface area (Å²) in [4.78, 5) is 11.5. The number of carbonyl (C=O) groups is 1. The highest BCUT2D eigenvalue weighted by Gasteiger charge is 2.01. The van der Waals surface area contributed by atoms with Gasteiger partial charge in [0, 0.05) is 6.54 Å². The first-order valence-corrected chi connectivity index (χ1v) is 7.10. The van der Waals surface area contributed by atoms with E-state index in [0.717, 1.165) is 5.56 Å². The number of hydrogen-bond acceptors (Lipinski definition) is 4. The predicted molar refractivity (Wildman–Crippen MR) is 82.8 cm³/mol. The lowest BCUT2D eigenvalue weighted by Crippen LogP contribution is -2.26. The number of nitrogens with one attached hydrogen (secondary N) is 1. The van der Waals surface area contributed by atoms with Crippen LogP contribution in [0.1, 0.15) is 12.0 Å². The van der Waals surface area contributed by atoms with Gasteiger partial charge in [-0.3, -0.25) is 0 Å². The lowest BCUT2D eigenvalue weighted by atomic mass is 10.2. The van der Waals surface area contributed by atoms with Gasteiger partial charge in [-0.15, -0.1) is 0 Å². The van der Waals surface area contributed by atoms with Crippen LogP contribution in [0.2, 0.25) is 0 Å². The Morgan fingerprint density at radius 1 is 1.05 bits per heavy atom. The van der Waals surface area contributed by atoms with Crippen LogP contribution in [0.25, 0.3) is 0 Å². The standard InChI is InChI=1S/C17H19NO4/c19-15-7-9-16(10-8-15)21-12-4-11-18-17(20)22-13-14-5-2-1-3-6-14/h1-3,5-10,19H,4,11-13H2,(H,18,20). The zero-order valence-electron chi connectivity index (χ0n) is 12.2. The zero-order valence-corrected chi connectivity index (χ0v) is 12.2. The third kappa shape index (κ3) is 5.75. The van der Waals surface area contributed by atoms with E-state index in [1.54, 1.807) is 24.3 Å². The van der Waals surface area contributed by atoms with Gasteiger partial charge in [-0.1, -0.05) is 30.3 Å². The summed E-state index contributed by atoms with van der Waals surface area (Å²) in [6.07, 6.45) is 0.231. The normalized spacial score (nSPS) is 10.0. The number of hydrogen-bond donors (Lipinski definition) is 2. The van der Waals surface area contributed by atoms with E-state index in [4.69, 9.17) is 14.6 Å². The first kappa shape index (κ1) is 15.7. The van der Waals surface area contributed by atoms with Gasteiger partial charge in [0.1, 0.15) is 18.1 Å². The SMILES string of the molecule is O=C(NCCCOc1ccc(O)cc1)OCc1ccccc1. The molecule has 0 aliphatic heterocycles. The molecule has 1 amide bonds. The second kappa shape index (κ2) is 8.56. The molecule has 2 N–H and O–H groups in total. The fraction of sp³-hybridized carbons (Fsp3) is 0.235. The van der Waals surface area contributed by atoms with E-state index in [1.807, 2.05) is 30.3 Å². The van der Waals surface area contributed by atoms with Gasteiger partial charge in [0.25, 0.3) is 0 Å². The molecule has 0 spiro atoms. The van der Waals surface area contributed by atoms with Crippen LogP contribution >= 0.6 is 0 Å². The Kier molecular flexibility index (Phi) is 6.11. The highest BCUT2D eigenvalue weighted by atomic mass is 16.5. The molecule has 0 bridgehead atoms. The maximum Gasteiger partial charge on any atom is 0.407 e. The van der Waals surface area contributed by atoms with Crippen molar-refractivity contribution in [2.24, 2.45) is 0 Å². The maximum atomic E-state index is 11.5. The van der Waals surface area contributed by atoms with Crippen LogP contribution in [-0.4, -0.2) is 24.4 Å². The molecule has 2 aromatic carbocycles. The van der Waals surface area contributed by atoms with Gasteiger partial charge < -0.3 is 19.9 Å². The molecular formula is C17H19NO4. The van der Waals surface area contributed by atoms with Crippen LogP contribution in [-0.2, 0) is 11.3 Å². The fourth-order valence-electron chi connectivity index (χ4n) is 1.77. The van der Waals surface area contributed by atoms with Gasteiger partial charge in [0.05, 0.1) is 6.61 Å². The number of carbonyl (C=O) groups excluding carboxylic acids is 1. The summed E-state index contributed by atoms with van der Waals surface area (Å²) < 4.78 is 10.6. The van der Waals surface area contributed by atoms with Gasteiger partial charge >= 0.3 is 6.09 Å². The van der Waals surface area contributed by atoms with Crippen molar-refractivity contribution in [3.63, 3.8) is 0 Å². The molecule has 22 heavy (non-hydrogen) atoms. The number of amides is 1. The fourth-order valence-corrected chi connectivity index (χ4v) is 1.77. The minimum Gasteiger partial charge on any atom is -0.508 e. The van der Waals surface area contributed by atoms with Crippen molar-refractivity contribution in [2.45, 2.75) is 13.0 Å². The summed E-state index contributed by atoms with van der Waals surface area (Å²) in [5.74, 6) is 0.889. The third-order valence-corrected chi connectivity index (χ3v) is 2.91. The average molecular weight is 301 g/mol. The Balaban J connectivity index is 1.54. The smallest absolute Gasteiger partial charge is 0.407 e. The summed E-state index contributed by atoms with van der Waals surface area (Å²) in [5, 5.41) is 11.8. The Hall–Kier alpha value is -2.69. The van der Waals surface area contributed by atoms with Crippen LogP contribution in [0.5, 0.6) is 11.5 Å². The highest BCUT2D eigenvalue weighted by Crippen LogP contribution is 2.15. The van der Waals surface area contributed by atoms with Gasteiger partial charge in [-0.05, 0) is 36.2 Å². The highest BCUT2D eigenvalue weighted by molar-refractivity contribution is 5.67. The van der Waals surface area contributed by atoms with Crippen molar-refractivity contribution < 1.29 is 19.4 Å². The summed E-state index contributed by atoms with van der Waals surface area (Å²) in [7, 11) is 0. The third-order valence-electron chi connectivity index (χ3n) is 2.91. The number of phenolic OH excluding ortho intramolecular Hbond substituents is 1. The van der Waals surface area contributed by atoms with E-state index in [9.17, 15) is 4.79 Å². The summed E-state index contributed by atoms with van der Waals surface area (Å²) in [6.45, 7) is 1.21. The maximum absolute atomic E-state index is 11.5. The quantitative estimate of drug-likeness (QED) is 0.771. The van der Waals surface area contributed by atoms with E-state index in [-0.39, 0.29) is 12.4 Å². The van der Waals surface area contributed by atoms with Crippen LogP contribution in [0.3, 0.4) is 0 Å². The number of ether oxygens (including phenoxy) is 2. The van der Waals surface area contributed by atoms with Gasteiger partial charge in [-0.2, -0.15) is 0 Å². The van der Waals surface area contributed by atoms with E-state index in [1.165, 1.54) is 0 Å². The lowest BCUT2D eigenvalue weighted by molar-refractivity contribution is 0.139. The molecule has 0 aliphatic carbocycles. The number of rotatable bonds is 7. The second-order valence-electron chi connectivity index (χ2n) is 4.68. The van der Waals surface area contributed by atoms with Crippen molar-refractivity contribution in [2.75, 3.05) is 13.2 Å². The van der Waals surface area contributed by atoms with E-state index in [2.05, 4.69) is 5.32 Å². The van der Waals surface area contributed by atoms with E-state index in [0.29, 0.717) is 25.3 Å². The van der Waals surface area contributed by atoms with E-state index < -0.39 is 6.09 Å². The Morgan fingerprint density at radius 2 is 1.77 bits per heavy atom. The van der Waals surface area contributed by atoms with Crippen LogP contribution in [0, 0.1) is 0 Å². The molecule has 0 aromatic heterocycles. The average Bonchev–Trinajstić information content (AvgIpc) is 2.55. The molecule has 2 aromatic rings. The second-order valence-corrected chi connectivity index (χ2v) is 4.68. The van der Waals surface area contributed by atoms with Crippen molar-refractivity contribution in [3.8, 4) is 11.5 Å². The number of benzene rings is 2. The topological polar surface area (TPSA) is 67.8 Å². The number of phenols is 1. The van der Waals surface area contributed by atoms with Crippen molar-refractivity contribution in [3.05, 3.63) is 60.2 Å². The Morgan fingerprint density at radius 3 is 2.50 bits per heavy atom. The summed E-state index contributed by atoms with van der Waals surface area (Å²) in [6, 6.07) is 16.0. The molecule has 0 fully saturated rings. The Labute approximate surface area is 129 Å². The first-order chi connectivity index (χ1) is 10.7. The predicted octanol–water partition coefficient (Wildman–Crippen LogP) is 3.09. The summed E-state index contributed by atoms with van der Waals surface area (Å²) >= 11 is 0. The molecular weight excluding hydrogens is 282 g/mol. The molecule has 0 unspecified atom stereocenters. The number of aromatic hydroxyl groups is 1. The largest absolute Gasteiger partial charge is 0.508 e. The van der Waals surface area contributed by atoms with Crippen molar-refractivity contribution in [1.82, 2.24) is 5.32 Å². The number of alkyl carbamates (subject to hydrolysis) is 1. The molecule has 0 atom stereocenters. The molecule has 2 rings (SSSR count). The van der Waals surface area contributed by atoms with Gasteiger partial charge in [0.15, 0.2) is 0 Å². The monoisotopic (exact) mass is 301 g/mol. The summed E-state index contributed by atoms with van der Waals surface area (Å²) in [5.41, 5.74) is 0.952. The molecule has 0 saturated heterocycles. The van der Waals surface area contributed by atoms with Gasteiger partial charge in [-0.25, -0.2) is 4.79 Å². The molecule has 0 radical (unpaired) electrons. The molecule has 5 heteroatoms. The molecule has 5 nitrogen and oxygen atoms in total. The molecule has 0 heterocycles.